The smallest absolute Gasteiger partial charge is 0.403 e. The number of sulfone groups is 1. The van der Waals surface area contributed by atoms with Crippen molar-refractivity contribution in [1.29, 1.82) is 0 Å². The van der Waals surface area contributed by atoms with E-state index in [2.05, 4.69) is 0 Å². The van der Waals surface area contributed by atoms with E-state index < -0.39 is 44.4 Å². The molecule has 1 amide bonds. The van der Waals surface area contributed by atoms with Gasteiger partial charge in [-0.1, -0.05) is 0 Å². The summed E-state index contributed by atoms with van der Waals surface area (Å²) in [5, 5.41) is 10.8. The molecule has 1 fully saturated rings. The van der Waals surface area contributed by atoms with Crippen LogP contribution < -0.4 is 4.74 Å². The third-order valence-electron chi connectivity index (χ3n) is 5.09. The van der Waals surface area contributed by atoms with Crippen molar-refractivity contribution >= 4 is 15.7 Å². The van der Waals surface area contributed by atoms with E-state index >= 15 is 0 Å². The standard InChI is InChI=1S/C18H22F3NO5S/c1-17(2)16(24)15(22-8-4-3-5-14(22)23)12-9-11(6-7-13(12)27-17)28(25,26)10-18(19,20)21/h6-7,9,15-16,24H,3-5,8,10H2,1-2H3/t15-,16+/m1/s1. The number of aliphatic hydroxyl groups is 1. The summed E-state index contributed by atoms with van der Waals surface area (Å²) in [7, 11) is -4.63. The summed E-state index contributed by atoms with van der Waals surface area (Å²) in [4.78, 5) is 13.4. The maximum Gasteiger partial charge on any atom is 0.403 e. The van der Waals surface area contributed by atoms with Gasteiger partial charge in [-0.2, -0.15) is 13.2 Å². The lowest BCUT2D eigenvalue weighted by Crippen LogP contribution is -2.55. The van der Waals surface area contributed by atoms with E-state index in [1.165, 1.54) is 11.0 Å². The topological polar surface area (TPSA) is 83.9 Å². The number of alkyl halides is 3. The van der Waals surface area contributed by atoms with Crippen molar-refractivity contribution in [3.8, 4) is 5.75 Å². The molecule has 2 aliphatic rings. The summed E-state index contributed by atoms with van der Waals surface area (Å²) in [5.41, 5.74) is -0.868. The first kappa shape index (κ1) is 20.9. The zero-order valence-electron chi connectivity index (χ0n) is 15.5. The highest BCUT2D eigenvalue weighted by Crippen LogP contribution is 2.44. The third kappa shape index (κ3) is 3.98. The van der Waals surface area contributed by atoms with Crippen LogP contribution in [0.2, 0.25) is 0 Å². The minimum absolute atomic E-state index is 0.192. The number of carbonyl (C=O) groups excluding carboxylic acids is 1. The molecule has 1 aromatic rings. The Balaban J connectivity index is 2.09. The maximum atomic E-state index is 12.7. The Bertz CT molecular complexity index is 882. The van der Waals surface area contributed by atoms with Crippen molar-refractivity contribution in [2.24, 2.45) is 0 Å². The number of rotatable bonds is 3. The number of carbonyl (C=O) groups is 1. The normalized spacial score (nSPS) is 25.2. The summed E-state index contributed by atoms with van der Waals surface area (Å²) in [6.07, 6.45) is -4.33. The van der Waals surface area contributed by atoms with Crippen LogP contribution in [0.15, 0.2) is 23.1 Å². The van der Waals surface area contributed by atoms with E-state index in [0.29, 0.717) is 19.4 Å². The van der Waals surface area contributed by atoms with Gasteiger partial charge in [0.15, 0.2) is 15.6 Å². The number of amides is 1. The first-order chi connectivity index (χ1) is 12.8. The zero-order valence-corrected chi connectivity index (χ0v) is 16.3. The Labute approximate surface area is 161 Å². The van der Waals surface area contributed by atoms with Crippen LogP contribution in [0.1, 0.15) is 44.7 Å². The third-order valence-corrected chi connectivity index (χ3v) is 6.77. The minimum atomic E-state index is -4.88. The zero-order chi connectivity index (χ0) is 20.9. The van der Waals surface area contributed by atoms with Crippen molar-refractivity contribution in [3.63, 3.8) is 0 Å². The molecule has 1 saturated heterocycles. The summed E-state index contributed by atoms with van der Waals surface area (Å²) in [6.45, 7) is 3.64. The van der Waals surface area contributed by atoms with Gasteiger partial charge in [0.1, 0.15) is 17.5 Å². The molecule has 28 heavy (non-hydrogen) atoms. The highest BCUT2D eigenvalue weighted by molar-refractivity contribution is 7.91. The van der Waals surface area contributed by atoms with Crippen LogP contribution in [0.5, 0.6) is 5.75 Å². The number of nitrogens with zero attached hydrogens (tertiary/aromatic N) is 1. The van der Waals surface area contributed by atoms with Gasteiger partial charge in [0, 0.05) is 18.5 Å². The summed E-state index contributed by atoms with van der Waals surface area (Å²) >= 11 is 0. The molecule has 0 aliphatic carbocycles. The van der Waals surface area contributed by atoms with Gasteiger partial charge < -0.3 is 14.7 Å². The number of ether oxygens (including phenoxy) is 1. The number of hydrogen-bond donors (Lipinski definition) is 1. The molecule has 156 valence electrons. The van der Waals surface area contributed by atoms with Crippen LogP contribution in [-0.4, -0.2) is 54.5 Å². The molecule has 2 heterocycles. The van der Waals surface area contributed by atoms with E-state index in [9.17, 15) is 31.5 Å². The van der Waals surface area contributed by atoms with Crippen molar-refractivity contribution < 1.29 is 36.2 Å². The Morgan fingerprint density at radius 2 is 1.96 bits per heavy atom. The van der Waals surface area contributed by atoms with Crippen molar-refractivity contribution in [1.82, 2.24) is 4.90 Å². The van der Waals surface area contributed by atoms with Crippen LogP contribution in [0.3, 0.4) is 0 Å². The molecule has 2 atom stereocenters. The van der Waals surface area contributed by atoms with E-state index in [0.717, 1.165) is 18.6 Å². The summed E-state index contributed by atoms with van der Waals surface area (Å²) in [5.74, 6) is -1.94. The second kappa shape index (κ2) is 6.91. The lowest BCUT2D eigenvalue weighted by atomic mass is 9.84. The van der Waals surface area contributed by atoms with E-state index in [1.807, 2.05) is 0 Å². The van der Waals surface area contributed by atoms with Gasteiger partial charge in [-0.3, -0.25) is 4.79 Å². The number of fused-ring (bicyclic) bond motifs is 1. The molecule has 2 aliphatic heterocycles. The molecule has 6 nitrogen and oxygen atoms in total. The van der Waals surface area contributed by atoms with Gasteiger partial charge in [-0.05, 0) is 44.9 Å². The Morgan fingerprint density at radius 1 is 1.29 bits per heavy atom. The quantitative estimate of drug-likeness (QED) is 0.811. The predicted molar refractivity (Wildman–Crippen MR) is 93.6 cm³/mol. The number of benzene rings is 1. The molecule has 0 saturated carbocycles. The Kier molecular flexibility index (Phi) is 5.16. The summed E-state index contributed by atoms with van der Waals surface area (Å²) in [6, 6.07) is 2.53. The van der Waals surface area contributed by atoms with Gasteiger partial charge in [-0.25, -0.2) is 8.42 Å². The first-order valence-electron chi connectivity index (χ1n) is 8.92. The molecule has 0 spiro atoms. The molecule has 0 bridgehead atoms. The molecule has 10 heteroatoms. The largest absolute Gasteiger partial charge is 0.485 e. The fourth-order valence-electron chi connectivity index (χ4n) is 3.70. The van der Waals surface area contributed by atoms with Gasteiger partial charge in [0.05, 0.1) is 10.9 Å². The molecule has 1 N–H and O–H groups in total. The average molecular weight is 421 g/mol. The van der Waals surface area contributed by atoms with Crippen molar-refractivity contribution in [2.45, 2.75) is 61.9 Å². The van der Waals surface area contributed by atoms with Gasteiger partial charge >= 0.3 is 6.18 Å². The van der Waals surface area contributed by atoms with Crippen LogP contribution in [-0.2, 0) is 14.6 Å². The predicted octanol–water partition coefficient (Wildman–Crippen LogP) is 2.61. The van der Waals surface area contributed by atoms with E-state index in [1.54, 1.807) is 13.8 Å². The van der Waals surface area contributed by atoms with Gasteiger partial charge in [0.25, 0.3) is 0 Å². The molecule has 0 aromatic heterocycles. The first-order valence-corrected chi connectivity index (χ1v) is 10.6. The summed E-state index contributed by atoms with van der Waals surface area (Å²) < 4.78 is 68.1. The molecule has 1 aromatic carbocycles. The second-order valence-corrected chi connectivity index (χ2v) is 9.70. The fraction of sp³-hybridized carbons (Fsp3) is 0.611. The van der Waals surface area contributed by atoms with E-state index in [4.69, 9.17) is 4.74 Å². The minimum Gasteiger partial charge on any atom is -0.485 e. The molecule has 3 rings (SSSR count). The van der Waals surface area contributed by atoms with Gasteiger partial charge in [0.2, 0.25) is 5.91 Å². The number of halogens is 3. The number of likely N-dealkylation sites (tertiary alicyclic amines) is 1. The number of aliphatic hydroxyl groups excluding tert-OH is 1. The van der Waals surface area contributed by atoms with Crippen LogP contribution in [0, 0.1) is 0 Å². The van der Waals surface area contributed by atoms with Crippen LogP contribution >= 0.6 is 0 Å². The average Bonchev–Trinajstić information content (AvgIpc) is 2.54. The number of hydrogen-bond acceptors (Lipinski definition) is 5. The Hall–Kier alpha value is -1.81. The molecular weight excluding hydrogens is 399 g/mol. The lowest BCUT2D eigenvalue weighted by molar-refractivity contribution is -0.147. The molecular formula is C18H22F3NO5S. The highest BCUT2D eigenvalue weighted by atomic mass is 32.2. The second-order valence-electron chi connectivity index (χ2n) is 7.71. The lowest BCUT2D eigenvalue weighted by Gasteiger charge is -2.47. The highest BCUT2D eigenvalue weighted by Gasteiger charge is 2.47. The monoisotopic (exact) mass is 421 g/mol. The number of piperidine rings is 1. The van der Waals surface area contributed by atoms with Crippen molar-refractivity contribution in [3.05, 3.63) is 23.8 Å². The van der Waals surface area contributed by atoms with Crippen molar-refractivity contribution in [2.75, 3.05) is 12.3 Å². The fourth-order valence-corrected chi connectivity index (χ4v) is 4.88. The van der Waals surface area contributed by atoms with Crippen LogP contribution in [0.25, 0.3) is 0 Å². The maximum absolute atomic E-state index is 12.7. The Morgan fingerprint density at radius 3 is 2.57 bits per heavy atom. The van der Waals surface area contributed by atoms with Gasteiger partial charge in [-0.15, -0.1) is 0 Å². The molecule has 0 radical (unpaired) electrons. The molecule has 0 unspecified atom stereocenters. The SMILES string of the molecule is CC1(C)Oc2ccc(S(=O)(=O)CC(F)(F)F)cc2[C@@H](N2CCCCC2=O)[C@@H]1O. The van der Waals surface area contributed by atoms with Crippen LogP contribution in [0.4, 0.5) is 13.2 Å². The van der Waals surface area contributed by atoms with E-state index in [-0.39, 0.29) is 17.2 Å².